The molecule has 0 unspecified atom stereocenters. The third kappa shape index (κ3) is 3.02. The summed E-state index contributed by atoms with van der Waals surface area (Å²) in [6, 6.07) is 8.21. The molecule has 0 amide bonds. The van der Waals surface area contributed by atoms with Gasteiger partial charge in [-0.15, -0.1) is 22.7 Å². The average Bonchev–Trinajstić information content (AvgIpc) is 3.35. The molecule has 138 valence electrons. The number of fused-ring (bicyclic) bond motifs is 4. The zero-order valence-electron chi connectivity index (χ0n) is 15.0. The first-order valence-corrected chi connectivity index (χ1v) is 11.9. The van der Waals surface area contributed by atoms with Crippen LogP contribution in [0.25, 0.3) is 20.4 Å². The molecule has 1 aromatic carbocycles. The number of rotatable bonds is 5. The van der Waals surface area contributed by atoms with E-state index in [1.807, 2.05) is 22.8 Å². The smallest absolute Gasteiger partial charge is 0.263 e. The normalized spacial score (nSPS) is 13.7. The van der Waals surface area contributed by atoms with Crippen molar-refractivity contribution >= 4 is 54.9 Å². The summed E-state index contributed by atoms with van der Waals surface area (Å²) in [6.45, 7) is 2.82. The van der Waals surface area contributed by atoms with E-state index in [0.717, 1.165) is 50.9 Å². The van der Waals surface area contributed by atoms with Gasteiger partial charge in [-0.3, -0.25) is 9.36 Å². The van der Waals surface area contributed by atoms with Crippen molar-refractivity contribution in [2.45, 2.75) is 50.1 Å². The van der Waals surface area contributed by atoms with E-state index < -0.39 is 0 Å². The Balaban J connectivity index is 1.53. The van der Waals surface area contributed by atoms with Gasteiger partial charge in [-0.1, -0.05) is 30.8 Å². The summed E-state index contributed by atoms with van der Waals surface area (Å²) in [7, 11) is 0. The molecule has 0 spiro atoms. The molecule has 4 aromatic rings. The summed E-state index contributed by atoms with van der Waals surface area (Å²) < 4.78 is 3.09. The first-order valence-electron chi connectivity index (χ1n) is 9.27. The first-order chi connectivity index (χ1) is 13.2. The van der Waals surface area contributed by atoms with E-state index in [4.69, 9.17) is 9.97 Å². The van der Waals surface area contributed by atoms with Crippen LogP contribution in [0.5, 0.6) is 0 Å². The molecule has 0 atom stereocenters. The number of thiazole rings is 1. The van der Waals surface area contributed by atoms with Gasteiger partial charge in [-0.2, -0.15) is 0 Å². The van der Waals surface area contributed by atoms with E-state index >= 15 is 0 Å². The zero-order valence-corrected chi connectivity index (χ0v) is 17.5. The zero-order chi connectivity index (χ0) is 18.4. The van der Waals surface area contributed by atoms with Gasteiger partial charge < -0.3 is 0 Å². The van der Waals surface area contributed by atoms with Crippen LogP contribution in [0, 0.1) is 0 Å². The highest BCUT2D eigenvalue weighted by molar-refractivity contribution is 7.98. The van der Waals surface area contributed by atoms with Crippen LogP contribution in [0.2, 0.25) is 0 Å². The highest BCUT2D eigenvalue weighted by atomic mass is 32.2. The Labute approximate surface area is 169 Å². The quantitative estimate of drug-likeness (QED) is 0.331. The molecule has 3 aromatic heterocycles. The fourth-order valence-electron chi connectivity index (χ4n) is 3.70. The fourth-order valence-corrected chi connectivity index (χ4v) is 6.98. The van der Waals surface area contributed by atoms with Crippen LogP contribution in [0.1, 0.15) is 35.2 Å². The summed E-state index contributed by atoms with van der Waals surface area (Å²) in [4.78, 5) is 25.1. The van der Waals surface area contributed by atoms with Gasteiger partial charge in [-0.25, -0.2) is 9.97 Å². The lowest BCUT2D eigenvalue weighted by molar-refractivity contribution is 0.585. The van der Waals surface area contributed by atoms with Gasteiger partial charge in [0.1, 0.15) is 9.84 Å². The minimum Gasteiger partial charge on any atom is -0.287 e. The third-order valence-corrected chi connectivity index (χ3v) is 8.29. The largest absolute Gasteiger partial charge is 0.287 e. The maximum Gasteiger partial charge on any atom is 0.263 e. The van der Waals surface area contributed by atoms with E-state index in [2.05, 4.69) is 13.0 Å². The first kappa shape index (κ1) is 17.4. The third-order valence-electron chi connectivity index (χ3n) is 4.90. The van der Waals surface area contributed by atoms with Gasteiger partial charge >= 0.3 is 0 Å². The van der Waals surface area contributed by atoms with Crippen molar-refractivity contribution < 1.29 is 0 Å². The average molecular weight is 414 g/mol. The van der Waals surface area contributed by atoms with Gasteiger partial charge in [0.25, 0.3) is 5.56 Å². The van der Waals surface area contributed by atoms with E-state index in [9.17, 15) is 4.79 Å². The molecule has 3 heterocycles. The summed E-state index contributed by atoms with van der Waals surface area (Å²) >= 11 is 5.07. The van der Waals surface area contributed by atoms with Gasteiger partial charge in [0.05, 0.1) is 21.4 Å². The molecule has 0 radical (unpaired) electrons. The molecule has 5 rings (SSSR count). The van der Waals surface area contributed by atoms with E-state index in [0.29, 0.717) is 6.54 Å². The van der Waals surface area contributed by atoms with Gasteiger partial charge in [0.15, 0.2) is 5.16 Å². The van der Waals surface area contributed by atoms with Crippen LogP contribution in [0.4, 0.5) is 0 Å². The molecule has 27 heavy (non-hydrogen) atoms. The number of aromatic nitrogens is 3. The maximum absolute atomic E-state index is 13.2. The monoisotopic (exact) mass is 413 g/mol. The molecule has 0 fully saturated rings. The van der Waals surface area contributed by atoms with E-state index in [1.165, 1.54) is 21.6 Å². The molecule has 4 nitrogen and oxygen atoms in total. The van der Waals surface area contributed by atoms with Crippen molar-refractivity contribution in [3.8, 4) is 0 Å². The van der Waals surface area contributed by atoms with Crippen LogP contribution in [0.3, 0.4) is 0 Å². The Morgan fingerprint density at radius 2 is 2.07 bits per heavy atom. The minimum atomic E-state index is 0.146. The van der Waals surface area contributed by atoms with Crippen LogP contribution < -0.4 is 5.56 Å². The number of nitrogens with zero attached hydrogens (tertiary/aromatic N) is 3. The van der Waals surface area contributed by atoms with Crippen molar-refractivity contribution in [1.82, 2.24) is 14.5 Å². The topological polar surface area (TPSA) is 47.8 Å². The minimum absolute atomic E-state index is 0.146. The molecule has 0 saturated heterocycles. The van der Waals surface area contributed by atoms with Crippen molar-refractivity contribution in [2.24, 2.45) is 0 Å². The van der Waals surface area contributed by atoms with E-state index in [-0.39, 0.29) is 5.56 Å². The molecule has 0 aliphatic heterocycles. The standard InChI is InChI=1S/C20H19N3OS3/c1-2-10-23-19(24)17-12-6-5-9-14(12)27-18(17)22-20(23)25-11-16-21-13-7-3-4-8-15(13)26-16/h3-4,7-8H,2,5-6,9-11H2,1H3. The van der Waals surface area contributed by atoms with Gasteiger partial charge in [-0.05, 0) is 43.4 Å². The fraction of sp³-hybridized carbons (Fsp3) is 0.350. The SMILES string of the molecule is CCCn1c(SCc2nc3ccccc3s2)nc2sc3c(c2c1=O)CCC3. The van der Waals surface area contributed by atoms with Crippen molar-refractivity contribution in [3.63, 3.8) is 0 Å². The maximum atomic E-state index is 13.2. The lowest BCUT2D eigenvalue weighted by Crippen LogP contribution is -2.23. The second-order valence-corrected chi connectivity index (χ2v) is 9.89. The Morgan fingerprint density at radius 1 is 1.19 bits per heavy atom. The molecular weight excluding hydrogens is 394 g/mol. The predicted octanol–water partition coefficient (Wildman–Crippen LogP) is 5.26. The summed E-state index contributed by atoms with van der Waals surface area (Å²) in [6.07, 6.45) is 4.21. The Bertz CT molecular complexity index is 1170. The number of benzene rings is 1. The summed E-state index contributed by atoms with van der Waals surface area (Å²) in [5.74, 6) is 0.742. The van der Waals surface area contributed by atoms with Crippen LogP contribution in [-0.2, 0) is 25.1 Å². The number of aryl methyl sites for hydroxylation is 2. The molecule has 0 bridgehead atoms. The predicted molar refractivity (Wildman–Crippen MR) is 115 cm³/mol. The molecule has 0 saturated carbocycles. The number of thioether (sulfide) groups is 1. The van der Waals surface area contributed by atoms with Gasteiger partial charge in [0.2, 0.25) is 0 Å². The highest BCUT2D eigenvalue weighted by Gasteiger charge is 2.23. The Hall–Kier alpha value is -1.70. The van der Waals surface area contributed by atoms with Crippen LogP contribution in [-0.4, -0.2) is 14.5 Å². The number of thiophene rings is 1. The van der Waals surface area contributed by atoms with Crippen molar-refractivity contribution in [1.29, 1.82) is 0 Å². The summed E-state index contributed by atoms with van der Waals surface area (Å²) in [5.41, 5.74) is 2.45. The highest BCUT2D eigenvalue weighted by Crippen LogP contribution is 2.36. The second kappa shape index (κ2) is 7.04. The molecule has 1 aliphatic rings. The molecule has 7 heteroatoms. The molecule has 1 aliphatic carbocycles. The lowest BCUT2D eigenvalue weighted by atomic mass is 10.2. The van der Waals surface area contributed by atoms with Crippen molar-refractivity contribution in [3.05, 3.63) is 50.1 Å². The van der Waals surface area contributed by atoms with Crippen molar-refractivity contribution in [2.75, 3.05) is 0 Å². The summed E-state index contributed by atoms with van der Waals surface area (Å²) in [5, 5.41) is 2.78. The second-order valence-electron chi connectivity index (χ2n) is 6.75. The lowest BCUT2D eigenvalue weighted by Gasteiger charge is -2.10. The molecule has 0 N–H and O–H groups in total. The van der Waals surface area contributed by atoms with Crippen LogP contribution in [0.15, 0.2) is 34.2 Å². The van der Waals surface area contributed by atoms with Crippen LogP contribution >= 0.6 is 34.4 Å². The number of para-hydroxylation sites is 1. The van der Waals surface area contributed by atoms with Gasteiger partial charge in [0, 0.05) is 11.4 Å². The number of hydrogen-bond acceptors (Lipinski definition) is 6. The Kier molecular flexibility index (Phi) is 4.53. The van der Waals surface area contributed by atoms with E-state index in [1.54, 1.807) is 34.4 Å². The Morgan fingerprint density at radius 3 is 2.93 bits per heavy atom. The number of hydrogen-bond donors (Lipinski definition) is 0. The molecular formula is C20H19N3OS3.